The quantitative estimate of drug-likeness (QED) is 0.487. The van der Waals surface area contributed by atoms with Crippen LogP contribution >= 0.6 is 0 Å². The molecule has 0 radical (unpaired) electrons. The Hall–Kier alpha value is -2.63. The summed E-state index contributed by atoms with van der Waals surface area (Å²) in [6.45, 7) is 0.464. The first-order valence-corrected chi connectivity index (χ1v) is 8.23. The van der Waals surface area contributed by atoms with Crippen LogP contribution < -0.4 is 11.1 Å². The number of amides is 3. The van der Waals surface area contributed by atoms with Crippen LogP contribution in [0.5, 0.6) is 0 Å². The molecular weight excluding hydrogens is 306 g/mol. The fourth-order valence-electron chi connectivity index (χ4n) is 4.25. The number of anilines is 1. The third-order valence-corrected chi connectivity index (χ3v) is 5.33. The van der Waals surface area contributed by atoms with Gasteiger partial charge in [0.05, 0.1) is 11.8 Å². The van der Waals surface area contributed by atoms with Gasteiger partial charge in [-0.15, -0.1) is 0 Å². The number of nitrogen functional groups attached to an aromatic ring is 1. The first kappa shape index (κ1) is 14.9. The van der Waals surface area contributed by atoms with E-state index in [2.05, 4.69) is 17.5 Å². The lowest BCUT2D eigenvalue weighted by Crippen LogP contribution is -2.39. The minimum Gasteiger partial charge on any atom is -0.399 e. The summed E-state index contributed by atoms with van der Waals surface area (Å²) in [7, 11) is 0. The predicted octanol–water partition coefficient (Wildman–Crippen LogP) is 0.806. The smallest absolute Gasteiger partial charge is 0.251 e. The molecule has 1 aliphatic heterocycles. The average molecular weight is 325 g/mol. The lowest BCUT2D eigenvalue weighted by atomic mass is 9.85. The second kappa shape index (κ2) is 5.47. The zero-order valence-electron chi connectivity index (χ0n) is 13.1. The zero-order valence-corrected chi connectivity index (χ0v) is 13.1. The SMILES string of the molecule is Nc1cccc(C(=O)NCCN2C(=O)C3C4C=CC(C4)C3C2=O)c1. The van der Waals surface area contributed by atoms with Crippen molar-refractivity contribution < 1.29 is 14.4 Å². The number of nitrogens with zero attached hydrogens (tertiary/aromatic N) is 1. The van der Waals surface area contributed by atoms with E-state index >= 15 is 0 Å². The number of nitrogens with one attached hydrogen (secondary N) is 1. The molecule has 24 heavy (non-hydrogen) atoms. The van der Waals surface area contributed by atoms with Gasteiger partial charge in [0.15, 0.2) is 0 Å². The van der Waals surface area contributed by atoms with Crippen LogP contribution in [-0.2, 0) is 9.59 Å². The van der Waals surface area contributed by atoms with Crippen molar-refractivity contribution in [1.29, 1.82) is 0 Å². The molecule has 1 aromatic rings. The normalized spacial score (nSPS) is 30.1. The number of rotatable bonds is 4. The van der Waals surface area contributed by atoms with Crippen LogP contribution in [0.25, 0.3) is 0 Å². The Morgan fingerprint density at radius 2 is 1.83 bits per heavy atom. The number of benzene rings is 1. The van der Waals surface area contributed by atoms with Gasteiger partial charge in [-0.2, -0.15) is 0 Å². The maximum atomic E-state index is 12.5. The van der Waals surface area contributed by atoms with Crippen molar-refractivity contribution in [2.75, 3.05) is 18.8 Å². The Balaban J connectivity index is 1.36. The van der Waals surface area contributed by atoms with Gasteiger partial charge in [-0.3, -0.25) is 19.3 Å². The van der Waals surface area contributed by atoms with Crippen LogP contribution in [0, 0.1) is 23.7 Å². The van der Waals surface area contributed by atoms with Crippen molar-refractivity contribution in [2.45, 2.75) is 6.42 Å². The summed E-state index contributed by atoms with van der Waals surface area (Å²) in [6.07, 6.45) is 5.07. The topological polar surface area (TPSA) is 92.5 Å². The molecule has 1 saturated carbocycles. The highest BCUT2D eigenvalue weighted by molar-refractivity contribution is 6.06. The number of hydrogen-bond acceptors (Lipinski definition) is 4. The summed E-state index contributed by atoms with van der Waals surface area (Å²) in [6, 6.07) is 6.68. The van der Waals surface area contributed by atoms with Crippen LogP contribution in [0.4, 0.5) is 5.69 Å². The van der Waals surface area contributed by atoms with E-state index in [1.807, 2.05) is 0 Å². The lowest BCUT2D eigenvalue weighted by Gasteiger charge is -2.17. The molecule has 4 rings (SSSR count). The van der Waals surface area contributed by atoms with Crippen LogP contribution in [-0.4, -0.2) is 35.7 Å². The van der Waals surface area contributed by atoms with Crippen molar-refractivity contribution in [3.05, 3.63) is 42.0 Å². The van der Waals surface area contributed by atoms with Crippen LogP contribution in [0.3, 0.4) is 0 Å². The fraction of sp³-hybridized carbons (Fsp3) is 0.389. The number of allylic oxidation sites excluding steroid dienone is 2. The largest absolute Gasteiger partial charge is 0.399 e. The molecule has 1 heterocycles. The van der Waals surface area contributed by atoms with E-state index in [1.165, 1.54) is 4.90 Å². The van der Waals surface area contributed by atoms with Gasteiger partial charge in [-0.05, 0) is 36.5 Å². The summed E-state index contributed by atoms with van der Waals surface area (Å²) < 4.78 is 0. The van der Waals surface area contributed by atoms with E-state index in [-0.39, 0.29) is 54.5 Å². The maximum Gasteiger partial charge on any atom is 0.251 e. The third-order valence-electron chi connectivity index (χ3n) is 5.33. The lowest BCUT2D eigenvalue weighted by molar-refractivity contribution is -0.140. The van der Waals surface area contributed by atoms with Crippen LogP contribution in [0.1, 0.15) is 16.8 Å². The maximum absolute atomic E-state index is 12.5. The van der Waals surface area contributed by atoms with E-state index in [4.69, 9.17) is 5.73 Å². The molecule has 1 saturated heterocycles. The fourth-order valence-corrected chi connectivity index (χ4v) is 4.25. The number of likely N-dealkylation sites (tertiary alicyclic amines) is 1. The number of carbonyl (C=O) groups is 3. The molecule has 2 fully saturated rings. The zero-order chi connectivity index (χ0) is 16.8. The van der Waals surface area contributed by atoms with Crippen LogP contribution in [0.15, 0.2) is 36.4 Å². The van der Waals surface area contributed by atoms with Crippen molar-refractivity contribution in [3.8, 4) is 0 Å². The molecule has 3 aliphatic rings. The highest BCUT2D eigenvalue weighted by atomic mass is 16.2. The first-order chi connectivity index (χ1) is 11.6. The molecule has 4 unspecified atom stereocenters. The van der Waals surface area contributed by atoms with Gasteiger partial charge in [0.1, 0.15) is 0 Å². The van der Waals surface area contributed by atoms with E-state index in [9.17, 15) is 14.4 Å². The van der Waals surface area contributed by atoms with Crippen molar-refractivity contribution in [3.63, 3.8) is 0 Å². The number of hydrogen-bond donors (Lipinski definition) is 2. The molecule has 0 spiro atoms. The summed E-state index contributed by atoms with van der Waals surface area (Å²) in [5.41, 5.74) is 6.64. The minimum absolute atomic E-state index is 0.0833. The van der Waals surface area contributed by atoms with Gasteiger partial charge in [-0.1, -0.05) is 18.2 Å². The molecule has 124 valence electrons. The third kappa shape index (κ3) is 2.21. The van der Waals surface area contributed by atoms with E-state index in [0.29, 0.717) is 11.3 Å². The molecule has 6 nitrogen and oxygen atoms in total. The Bertz CT molecular complexity index is 728. The molecular formula is C18H19N3O3. The van der Waals surface area contributed by atoms with E-state index in [0.717, 1.165) is 6.42 Å². The molecule has 6 heteroatoms. The monoisotopic (exact) mass is 325 g/mol. The summed E-state index contributed by atoms with van der Waals surface area (Å²) in [4.78, 5) is 38.4. The van der Waals surface area contributed by atoms with Gasteiger partial charge in [0.25, 0.3) is 5.91 Å². The van der Waals surface area contributed by atoms with Crippen molar-refractivity contribution in [1.82, 2.24) is 10.2 Å². The molecule has 0 aromatic heterocycles. The van der Waals surface area contributed by atoms with E-state index in [1.54, 1.807) is 24.3 Å². The predicted molar refractivity (Wildman–Crippen MR) is 87.6 cm³/mol. The van der Waals surface area contributed by atoms with Gasteiger partial charge in [-0.25, -0.2) is 0 Å². The molecule has 3 amide bonds. The van der Waals surface area contributed by atoms with Gasteiger partial charge in [0.2, 0.25) is 11.8 Å². The number of nitrogens with two attached hydrogens (primary N) is 1. The van der Waals surface area contributed by atoms with Crippen molar-refractivity contribution in [2.24, 2.45) is 23.7 Å². The molecule has 3 N–H and O–H groups in total. The highest BCUT2D eigenvalue weighted by Gasteiger charge is 2.58. The summed E-state index contributed by atoms with van der Waals surface area (Å²) in [5.74, 6) is -0.371. The molecule has 2 bridgehead atoms. The highest BCUT2D eigenvalue weighted by Crippen LogP contribution is 2.52. The molecule has 4 atom stereocenters. The van der Waals surface area contributed by atoms with Gasteiger partial charge < -0.3 is 11.1 Å². The van der Waals surface area contributed by atoms with Crippen molar-refractivity contribution >= 4 is 23.4 Å². The Kier molecular flexibility index (Phi) is 3.40. The molecule has 1 aromatic carbocycles. The second-order valence-corrected chi connectivity index (χ2v) is 6.71. The minimum atomic E-state index is -0.261. The van der Waals surface area contributed by atoms with E-state index < -0.39 is 0 Å². The Labute approximate surface area is 139 Å². The summed E-state index contributed by atoms with van der Waals surface area (Å²) >= 11 is 0. The van der Waals surface area contributed by atoms with Gasteiger partial charge in [0, 0.05) is 24.3 Å². The number of fused-ring (bicyclic) bond motifs is 5. The van der Waals surface area contributed by atoms with Crippen LogP contribution in [0.2, 0.25) is 0 Å². The molecule has 2 aliphatic carbocycles. The number of carbonyl (C=O) groups excluding carboxylic acids is 3. The van der Waals surface area contributed by atoms with Gasteiger partial charge >= 0.3 is 0 Å². The Morgan fingerprint density at radius 3 is 2.46 bits per heavy atom. The first-order valence-electron chi connectivity index (χ1n) is 8.23. The summed E-state index contributed by atoms with van der Waals surface area (Å²) in [5, 5.41) is 2.74. The number of imide groups is 1. The second-order valence-electron chi connectivity index (χ2n) is 6.71. The average Bonchev–Trinajstić information content (AvgIpc) is 3.24. The standard InChI is InChI=1S/C18H19N3O3/c19-13-3-1-2-12(9-13)16(22)20-6-7-21-17(23)14-10-4-5-11(8-10)15(14)18(21)24/h1-5,9-11,14-15H,6-8,19H2,(H,20,22). The Morgan fingerprint density at radius 1 is 1.17 bits per heavy atom.